The molecule has 0 aliphatic heterocycles. The number of aromatic nitrogens is 2. The molecule has 4 N–H and O–H groups in total. The summed E-state index contributed by atoms with van der Waals surface area (Å²) in [5.74, 6) is 0.197. The fourth-order valence-electron chi connectivity index (χ4n) is 2.93. The molecule has 6 nitrogen and oxygen atoms in total. The third-order valence-corrected chi connectivity index (χ3v) is 4.82. The summed E-state index contributed by atoms with van der Waals surface area (Å²) in [5, 5.41) is 16.5. The van der Waals surface area contributed by atoms with Crippen molar-refractivity contribution in [1.29, 1.82) is 0 Å². The van der Waals surface area contributed by atoms with E-state index in [4.69, 9.17) is 31.0 Å². The Morgan fingerprint density at radius 3 is 2.73 bits per heavy atom. The molecule has 154 valence electrons. The van der Waals surface area contributed by atoms with Crippen LogP contribution >= 0.6 is 23.2 Å². The lowest BCUT2D eigenvalue weighted by Gasteiger charge is -2.22. The predicted molar refractivity (Wildman–Crippen MR) is 121 cm³/mol. The quantitative estimate of drug-likeness (QED) is 0.413. The Bertz CT molecular complexity index is 1050. The van der Waals surface area contributed by atoms with E-state index in [1.807, 2.05) is 13.8 Å². The van der Waals surface area contributed by atoms with E-state index < -0.39 is 11.5 Å². The number of aliphatic hydroxyl groups is 1. The first-order valence-corrected chi connectivity index (χ1v) is 10.0. The summed E-state index contributed by atoms with van der Waals surface area (Å²) in [6.07, 6.45) is 3.21. The van der Waals surface area contributed by atoms with Crippen molar-refractivity contribution in [3.05, 3.63) is 70.1 Å². The minimum absolute atomic E-state index is 0.264. The van der Waals surface area contributed by atoms with Gasteiger partial charge in [-0.15, -0.1) is 0 Å². The summed E-state index contributed by atoms with van der Waals surface area (Å²) in [7, 11) is 5.98. The van der Waals surface area contributed by atoms with Crippen LogP contribution in [0.5, 0.6) is 0 Å². The van der Waals surface area contributed by atoms with Crippen LogP contribution in [0, 0.1) is 0 Å². The molecule has 0 aliphatic carbocycles. The third kappa shape index (κ3) is 5.56. The molecular formula is C21H21BCl2N4O2. The fraction of sp³-hybridized carbons (Fsp3) is 0.238. The number of benzene rings is 1. The lowest BCUT2D eigenvalue weighted by Crippen LogP contribution is -2.31. The molecule has 9 heteroatoms. The first-order chi connectivity index (χ1) is 14.2. The van der Waals surface area contributed by atoms with Gasteiger partial charge in [0.05, 0.1) is 17.7 Å². The van der Waals surface area contributed by atoms with Gasteiger partial charge in [0.1, 0.15) is 19.4 Å². The lowest BCUT2D eigenvalue weighted by molar-refractivity contribution is 0.0912. The van der Waals surface area contributed by atoms with Crippen molar-refractivity contribution in [2.45, 2.75) is 25.3 Å². The number of aliphatic hydroxyl groups excluding tert-OH is 1. The van der Waals surface area contributed by atoms with Crippen LogP contribution in [0.3, 0.4) is 0 Å². The molecule has 0 spiro atoms. The number of carbonyl (C=O) groups is 1. The third-order valence-electron chi connectivity index (χ3n) is 4.28. The molecule has 30 heavy (non-hydrogen) atoms. The number of halogens is 2. The Labute approximate surface area is 186 Å². The van der Waals surface area contributed by atoms with Gasteiger partial charge in [-0.2, -0.15) is 0 Å². The van der Waals surface area contributed by atoms with Crippen molar-refractivity contribution < 1.29 is 9.90 Å². The van der Waals surface area contributed by atoms with Gasteiger partial charge in [0.25, 0.3) is 5.91 Å². The average molecular weight is 443 g/mol. The summed E-state index contributed by atoms with van der Waals surface area (Å²) in [5.41, 5.74) is 1.80. The van der Waals surface area contributed by atoms with E-state index in [1.54, 1.807) is 42.6 Å². The maximum absolute atomic E-state index is 12.7. The van der Waals surface area contributed by atoms with Crippen LogP contribution in [0.1, 0.15) is 35.9 Å². The van der Waals surface area contributed by atoms with E-state index in [2.05, 4.69) is 20.6 Å². The van der Waals surface area contributed by atoms with E-state index in [-0.39, 0.29) is 12.5 Å². The zero-order valence-corrected chi connectivity index (χ0v) is 18.1. The Hall–Kier alpha value is -2.48. The number of amides is 1. The number of rotatable bonds is 7. The van der Waals surface area contributed by atoms with Crippen molar-refractivity contribution in [1.82, 2.24) is 15.3 Å². The summed E-state index contributed by atoms with van der Waals surface area (Å²) >= 11 is 12.3. The number of hydrogen-bond acceptors (Lipinski definition) is 4. The summed E-state index contributed by atoms with van der Waals surface area (Å²) in [4.78, 5) is 19.9. The molecule has 1 amide bonds. The Kier molecular flexibility index (Phi) is 6.76. The van der Waals surface area contributed by atoms with Gasteiger partial charge in [-0.3, -0.25) is 4.79 Å². The van der Waals surface area contributed by atoms with Crippen LogP contribution < -0.4 is 10.6 Å². The zero-order chi connectivity index (χ0) is 21.9. The molecular weight excluding hydrogens is 422 g/mol. The molecule has 0 fully saturated rings. The maximum Gasteiger partial charge on any atom is 0.268 e. The van der Waals surface area contributed by atoms with E-state index >= 15 is 0 Å². The van der Waals surface area contributed by atoms with E-state index in [1.165, 1.54) is 6.20 Å². The summed E-state index contributed by atoms with van der Waals surface area (Å²) in [6, 6.07) is 9.84. The molecule has 3 aromatic rings. The topological polar surface area (TPSA) is 90.0 Å². The highest BCUT2D eigenvalue weighted by Gasteiger charge is 2.18. The van der Waals surface area contributed by atoms with Crippen molar-refractivity contribution in [2.75, 3.05) is 11.9 Å². The minimum atomic E-state index is -0.652. The molecule has 0 bridgehead atoms. The Morgan fingerprint density at radius 2 is 2.07 bits per heavy atom. The predicted octanol–water partition coefficient (Wildman–Crippen LogP) is 4.16. The van der Waals surface area contributed by atoms with Gasteiger partial charge in [0.15, 0.2) is 0 Å². The van der Waals surface area contributed by atoms with Crippen molar-refractivity contribution in [3.63, 3.8) is 0 Å². The molecule has 2 heterocycles. The highest BCUT2D eigenvalue weighted by Crippen LogP contribution is 2.30. The second-order valence-electron chi connectivity index (χ2n) is 7.46. The fourth-order valence-corrected chi connectivity index (χ4v) is 3.34. The number of anilines is 1. The van der Waals surface area contributed by atoms with Crippen LogP contribution in [0.15, 0.2) is 48.8 Å². The zero-order valence-electron chi connectivity index (χ0n) is 16.5. The van der Waals surface area contributed by atoms with Crippen LogP contribution in [0.4, 0.5) is 5.82 Å². The van der Waals surface area contributed by atoms with E-state index in [0.717, 1.165) is 0 Å². The smallest absolute Gasteiger partial charge is 0.268 e. The number of H-pyrrole nitrogens is 1. The number of carbonyl (C=O) groups excluding carboxylic acids is 1. The highest BCUT2D eigenvalue weighted by molar-refractivity contribution is 6.33. The van der Waals surface area contributed by atoms with Gasteiger partial charge < -0.3 is 20.7 Å². The largest absolute Gasteiger partial charge is 0.394 e. The number of nitrogens with zero attached hydrogens (tertiary/aromatic N) is 1. The number of pyridine rings is 1. The Balaban J connectivity index is 1.80. The van der Waals surface area contributed by atoms with Crippen molar-refractivity contribution in [2.24, 2.45) is 0 Å². The molecule has 0 unspecified atom stereocenters. The van der Waals surface area contributed by atoms with Crippen molar-refractivity contribution in [3.8, 4) is 11.1 Å². The van der Waals surface area contributed by atoms with Crippen LogP contribution in [-0.2, 0) is 0 Å². The SMILES string of the molecule is [B]C(C)(C)Nc1cc(-c2c[nH]c(C(=O)N[C@H](CO)c3cccc(Cl)c3)c2)c(Cl)cn1. The van der Waals surface area contributed by atoms with E-state index in [9.17, 15) is 9.90 Å². The van der Waals surface area contributed by atoms with Gasteiger partial charge in [0, 0.05) is 28.5 Å². The lowest BCUT2D eigenvalue weighted by atomic mass is 9.82. The normalized spacial score (nSPS) is 12.4. The van der Waals surface area contributed by atoms with Gasteiger partial charge in [-0.05, 0) is 35.3 Å². The summed E-state index contributed by atoms with van der Waals surface area (Å²) < 4.78 is 0. The molecule has 3 rings (SSSR count). The van der Waals surface area contributed by atoms with Gasteiger partial charge in [-0.25, -0.2) is 4.98 Å². The van der Waals surface area contributed by atoms with Crippen LogP contribution in [-0.4, -0.2) is 40.9 Å². The van der Waals surface area contributed by atoms with Crippen LogP contribution in [0.25, 0.3) is 11.1 Å². The molecule has 1 aromatic carbocycles. The monoisotopic (exact) mass is 442 g/mol. The van der Waals surface area contributed by atoms with Gasteiger partial charge in [0.2, 0.25) is 0 Å². The first-order valence-electron chi connectivity index (χ1n) is 9.25. The molecule has 1 atom stereocenters. The molecule has 2 radical (unpaired) electrons. The molecule has 2 aromatic heterocycles. The molecule has 0 saturated carbocycles. The maximum atomic E-state index is 12.7. The van der Waals surface area contributed by atoms with Gasteiger partial charge >= 0.3 is 0 Å². The average Bonchev–Trinajstić information content (AvgIpc) is 3.16. The van der Waals surface area contributed by atoms with E-state index in [0.29, 0.717) is 38.2 Å². The second-order valence-corrected chi connectivity index (χ2v) is 8.31. The number of aromatic amines is 1. The number of hydrogen-bond donors (Lipinski definition) is 4. The van der Waals surface area contributed by atoms with Gasteiger partial charge in [-0.1, -0.05) is 49.2 Å². The van der Waals surface area contributed by atoms with Crippen LogP contribution in [0.2, 0.25) is 10.0 Å². The molecule has 0 saturated heterocycles. The highest BCUT2D eigenvalue weighted by atomic mass is 35.5. The Morgan fingerprint density at radius 1 is 1.30 bits per heavy atom. The van der Waals surface area contributed by atoms with Crippen molar-refractivity contribution >= 4 is 42.8 Å². The standard InChI is InChI=1S/C21H21BCl2N4O2/c1-21(2,22)28-19-8-15(16(24)10-26-19)13-7-17(25-9-13)20(30)27-18(11-29)12-4-3-5-14(23)6-12/h3-10,18,25,29H,11H2,1-2H3,(H,26,28)(H,27,30)/t18-/m1/s1. The summed E-state index contributed by atoms with van der Waals surface area (Å²) in [6.45, 7) is 3.37. The number of nitrogens with one attached hydrogen (secondary N) is 3. The minimum Gasteiger partial charge on any atom is -0.394 e. The molecule has 0 aliphatic rings. The first kappa shape index (κ1) is 22.2. The second kappa shape index (κ2) is 9.12.